The number of alkyl carbamates (subject to hydrolysis) is 1. The van der Waals surface area contributed by atoms with Gasteiger partial charge in [0.25, 0.3) is 8.32 Å². The molecule has 8 heteroatoms. The number of amides is 1. The minimum absolute atomic E-state index is 0.203. The minimum atomic E-state index is -2.82. The van der Waals surface area contributed by atoms with Crippen molar-refractivity contribution < 1.29 is 28.9 Å². The molecule has 2 aromatic rings. The highest BCUT2D eigenvalue weighted by Crippen LogP contribution is 2.37. The van der Waals surface area contributed by atoms with E-state index in [4.69, 9.17) is 13.9 Å². The molecule has 1 unspecified atom stereocenters. The van der Waals surface area contributed by atoms with Crippen LogP contribution in [0.15, 0.2) is 60.7 Å². The van der Waals surface area contributed by atoms with Crippen molar-refractivity contribution >= 4 is 24.8 Å². The Balaban J connectivity index is 1.94. The molecule has 1 fully saturated rings. The van der Waals surface area contributed by atoms with Crippen LogP contribution in [0.4, 0.5) is 4.79 Å². The summed E-state index contributed by atoms with van der Waals surface area (Å²) >= 11 is 0. The quantitative estimate of drug-likeness (QED) is 0.417. The van der Waals surface area contributed by atoms with Gasteiger partial charge in [0.2, 0.25) is 0 Å². The Morgan fingerprint density at radius 1 is 1.00 bits per heavy atom. The maximum absolute atomic E-state index is 12.7. The molecule has 0 radical (unpaired) electrons. The summed E-state index contributed by atoms with van der Waals surface area (Å²) in [6.07, 6.45) is -0.422. The van der Waals surface area contributed by atoms with Crippen LogP contribution in [0.1, 0.15) is 60.8 Å². The summed E-state index contributed by atoms with van der Waals surface area (Å²) in [6.45, 7) is 12.1. The van der Waals surface area contributed by atoms with Crippen molar-refractivity contribution in [2.75, 3.05) is 13.2 Å². The molecule has 3 N–H and O–H groups in total. The summed E-state index contributed by atoms with van der Waals surface area (Å²) < 4.78 is 19.1. The maximum atomic E-state index is 12.7. The number of rotatable bonds is 9. The van der Waals surface area contributed by atoms with Gasteiger partial charge in [-0.05, 0) is 49.0 Å². The summed E-state index contributed by atoms with van der Waals surface area (Å²) in [4.78, 5) is 12.7. The zero-order valence-corrected chi connectivity index (χ0v) is 24.6. The zero-order chi connectivity index (χ0) is 28.0. The first-order valence-corrected chi connectivity index (χ1v) is 15.5. The Morgan fingerprint density at radius 3 is 2.03 bits per heavy atom. The Hall–Kier alpha value is -2.23. The van der Waals surface area contributed by atoms with Gasteiger partial charge in [0, 0.05) is 6.42 Å². The largest absolute Gasteiger partial charge is 0.444 e. The molecule has 1 amide bonds. The Kier molecular flexibility index (Phi) is 10.2. The second-order valence-corrected chi connectivity index (χ2v) is 16.5. The van der Waals surface area contributed by atoms with Gasteiger partial charge < -0.3 is 29.4 Å². The molecule has 0 aliphatic carbocycles. The molecule has 7 nitrogen and oxygen atoms in total. The molecule has 2 aromatic carbocycles. The zero-order valence-electron chi connectivity index (χ0n) is 23.6. The van der Waals surface area contributed by atoms with Crippen LogP contribution in [0.2, 0.25) is 5.04 Å². The van der Waals surface area contributed by atoms with Gasteiger partial charge in [-0.15, -0.1) is 0 Å². The molecule has 4 atom stereocenters. The van der Waals surface area contributed by atoms with Crippen LogP contribution in [-0.4, -0.2) is 67.8 Å². The van der Waals surface area contributed by atoms with E-state index in [1.54, 1.807) is 0 Å². The van der Waals surface area contributed by atoms with E-state index in [-0.39, 0.29) is 30.4 Å². The lowest BCUT2D eigenvalue weighted by atomic mass is 9.96. The molecular weight excluding hydrogens is 498 g/mol. The highest BCUT2D eigenvalue weighted by atomic mass is 28.4. The van der Waals surface area contributed by atoms with Crippen LogP contribution < -0.4 is 15.7 Å². The number of nitrogens with one attached hydrogen (secondary N) is 1. The second kappa shape index (κ2) is 12.7. The molecule has 0 spiro atoms. The third-order valence-corrected chi connectivity index (χ3v) is 11.9. The summed E-state index contributed by atoms with van der Waals surface area (Å²) in [7, 11) is -2.82. The number of carbonyl (C=O) groups excluding carboxylic acids is 1. The van der Waals surface area contributed by atoms with E-state index in [9.17, 15) is 15.0 Å². The van der Waals surface area contributed by atoms with E-state index in [0.717, 1.165) is 0 Å². The Morgan fingerprint density at radius 2 is 1.55 bits per heavy atom. The molecule has 1 aliphatic rings. The highest BCUT2D eigenvalue weighted by molar-refractivity contribution is 6.99. The standard InChI is InChI=1S/C30H45NO6Si/c1-29(2,3)37-28(34)31-26-18-17-23(19-22(33)20-32)36-27(26)21-35-38(30(4,5)6,24-13-9-7-10-14-24)25-15-11-8-12-16-25/h7-16,22-23,26-27,32-33H,17-21H2,1-6H3,(H,31,34)/t22?,23-,26+,27+/m0/s1. The molecule has 0 bridgehead atoms. The van der Waals surface area contributed by atoms with Crippen LogP contribution in [0.5, 0.6) is 0 Å². The van der Waals surface area contributed by atoms with Gasteiger partial charge in [0.1, 0.15) is 11.7 Å². The lowest BCUT2D eigenvalue weighted by Gasteiger charge is -2.45. The van der Waals surface area contributed by atoms with Crippen LogP contribution in [0, 0.1) is 0 Å². The van der Waals surface area contributed by atoms with Crippen LogP contribution in [0.3, 0.4) is 0 Å². The van der Waals surface area contributed by atoms with Gasteiger partial charge in [-0.1, -0.05) is 81.4 Å². The molecule has 0 aromatic heterocycles. The highest BCUT2D eigenvalue weighted by Gasteiger charge is 2.51. The number of carbonyl (C=O) groups is 1. The molecule has 1 heterocycles. The van der Waals surface area contributed by atoms with E-state index >= 15 is 0 Å². The van der Waals surface area contributed by atoms with Crippen molar-refractivity contribution in [3.63, 3.8) is 0 Å². The van der Waals surface area contributed by atoms with E-state index in [1.807, 2.05) is 57.2 Å². The lowest BCUT2D eigenvalue weighted by Crippen LogP contribution is -2.67. The van der Waals surface area contributed by atoms with Gasteiger partial charge in [0.05, 0.1) is 31.5 Å². The maximum Gasteiger partial charge on any atom is 0.407 e. The number of hydrogen-bond donors (Lipinski definition) is 3. The van der Waals surface area contributed by atoms with E-state index in [2.05, 4.69) is 50.4 Å². The van der Waals surface area contributed by atoms with E-state index in [0.29, 0.717) is 19.3 Å². The van der Waals surface area contributed by atoms with Crippen LogP contribution in [0.25, 0.3) is 0 Å². The fourth-order valence-electron chi connectivity index (χ4n) is 5.26. The molecule has 0 saturated carbocycles. The summed E-state index contributed by atoms with van der Waals surface area (Å²) in [5, 5.41) is 24.6. The molecular formula is C30H45NO6Si. The summed E-state index contributed by atoms with van der Waals surface area (Å²) in [6, 6.07) is 20.5. The molecule has 1 aliphatic heterocycles. The smallest absolute Gasteiger partial charge is 0.407 e. The SMILES string of the molecule is CC(C)(C)OC(=O)N[C@@H]1CC[C@@H](CC(O)CO)O[C@@H]1CO[Si](c1ccccc1)(c1ccccc1)C(C)(C)C. The monoisotopic (exact) mass is 543 g/mol. The first-order valence-electron chi connectivity index (χ1n) is 13.5. The van der Waals surface area contributed by atoms with Gasteiger partial charge >= 0.3 is 6.09 Å². The molecule has 1 saturated heterocycles. The predicted octanol–water partition coefficient (Wildman–Crippen LogP) is 3.75. The average Bonchev–Trinajstić information content (AvgIpc) is 2.85. The fourth-order valence-corrected chi connectivity index (χ4v) is 9.83. The lowest BCUT2D eigenvalue weighted by molar-refractivity contribution is -0.103. The fraction of sp³-hybridized carbons (Fsp3) is 0.567. The summed E-state index contributed by atoms with van der Waals surface area (Å²) in [5.74, 6) is 0. The number of ether oxygens (including phenoxy) is 2. The number of benzene rings is 2. The van der Waals surface area contributed by atoms with Crippen LogP contribution in [-0.2, 0) is 13.9 Å². The van der Waals surface area contributed by atoms with Gasteiger partial charge in [0.15, 0.2) is 0 Å². The average molecular weight is 544 g/mol. The molecule has 38 heavy (non-hydrogen) atoms. The van der Waals surface area contributed by atoms with Gasteiger partial charge in [-0.2, -0.15) is 0 Å². The first-order chi connectivity index (χ1) is 17.9. The number of hydrogen-bond acceptors (Lipinski definition) is 6. The third-order valence-electron chi connectivity index (χ3n) is 6.94. The Bertz CT molecular complexity index is 965. The summed E-state index contributed by atoms with van der Waals surface area (Å²) in [5.41, 5.74) is -0.617. The van der Waals surface area contributed by atoms with Crippen molar-refractivity contribution in [3.8, 4) is 0 Å². The van der Waals surface area contributed by atoms with Crippen molar-refractivity contribution in [1.82, 2.24) is 5.32 Å². The number of aliphatic hydroxyl groups excluding tert-OH is 2. The molecule has 210 valence electrons. The minimum Gasteiger partial charge on any atom is -0.444 e. The van der Waals surface area contributed by atoms with Crippen molar-refractivity contribution in [1.29, 1.82) is 0 Å². The normalized spacial score (nSPS) is 21.5. The number of aliphatic hydroxyl groups is 2. The van der Waals surface area contributed by atoms with Gasteiger partial charge in [-0.3, -0.25) is 0 Å². The first kappa shape index (κ1) is 30.3. The third kappa shape index (κ3) is 7.67. The Labute approximate surface area is 228 Å². The second-order valence-electron chi connectivity index (χ2n) is 12.2. The van der Waals surface area contributed by atoms with Crippen molar-refractivity contribution in [3.05, 3.63) is 60.7 Å². The van der Waals surface area contributed by atoms with Crippen molar-refractivity contribution in [2.45, 2.75) is 95.8 Å². The van der Waals surface area contributed by atoms with E-state index in [1.165, 1.54) is 10.4 Å². The van der Waals surface area contributed by atoms with Gasteiger partial charge in [-0.25, -0.2) is 4.79 Å². The topological polar surface area (TPSA) is 97.3 Å². The molecule has 3 rings (SSSR count). The van der Waals surface area contributed by atoms with Crippen molar-refractivity contribution in [2.24, 2.45) is 0 Å². The van der Waals surface area contributed by atoms with Crippen LogP contribution >= 0.6 is 0 Å². The predicted molar refractivity (Wildman–Crippen MR) is 152 cm³/mol. The van der Waals surface area contributed by atoms with E-state index < -0.39 is 32.2 Å².